The molecular weight excluding hydrogens is 371 g/mol. The van der Waals surface area contributed by atoms with E-state index in [9.17, 15) is 22.8 Å². The number of hydrogen-bond acceptors (Lipinski definition) is 3. The van der Waals surface area contributed by atoms with Gasteiger partial charge in [0.05, 0.1) is 5.71 Å². The van der Waals surface area contributed by atoms with Crippen molar-refractivity contribution in [3.8, 4) is 0 Å². The van der Waals surface area contributed by atoms with E-state index in [2.05, 4.69) is 10.5 Å². The number of nitrogens with zero attached hydrogens (tertiary/aromatic N) is 1. The van der Waals surface area contributed by atoms with Gasteiger partial charge in [-0.3, -0.25) is 9.59 Å². The van der Waals surface area contributed by atoms with Gasteiger partial charge in [0.15, 0.2) is 0 Å². The maximum atomic E-state index is 12.3. The van der Waals surface area contributed by atoms with Gasteiger partial charge in [-0.05, 0) is 42.5 Å². The number of benzene rings is 2. The van der Waals surface area contributed by atoms with Crippen LogP contribution in [0.3, 0.4) is 0 Å². The Labute approximate surface area is 159 Å². The van der Waals surface area contributed by atoms with Gasteiger partial charge in [-0.1, -0.05) is 42.5 Å². The van der Waals surface area contributed by atoms with Crippen molar-refractivity contribution in [1.29, 1.82) is 0 Å². The number of hydrogen-bond donors (Lipinski definition) is 2. The molecule has 146 valence electrons. The smallest absolute Gasteiger partial charge is 0.318 e. The Balaban J connectivity index is 1.55. The molecule has 2 amide bonds. The fraction of sp³-hybridized carbons (Fsp3) is 0.250. The van der Waals surface area contributed by atoms with E-state index in [1.165, 1.54) is 24.3 Å². The van der Waals surface area contributed by atoms with Gasteiger partial charge < -0.3 is 5.32 Å². The van der Waals surface area contributed by atoms with E-state index < -0.39 is 12.1 Å². The van der Waals surface area contributed by atoms with Crippen molar-refractivity contribution in [1.82, 2.24) is 5.43 Å². The third-order valence-electron chi connectivity index (χ3n) is 4.51. The first-order valence-corrected chi connectivity index (χ1v) is 8.63. The molecular formula is C20H18F3N3O2. The van der Waals surface area contributed by atoms with Gasteiger partial charge >= 0.3 is 12.1 Å². The summed E-state index contributed by atoms with van der Waals surface area (Å²) in [5.41, 5.74) is 4.80. The molecule has 1 fully saturated rings. The number of rotatable bonds is 5. The van der Waals surface area contributed by atoms with Crippen LogP contribution in [0.4, 0.5) is 18.9 Å². The fourth-order valence-corrected chi connectivity index (χ4v) is 2.84. The molecule has 1 aliphatic rings. The zero-order chi connectivity index (χ0) is 20.3. The molecule has 0 aliphatic heterocycles. The normalized spacial score (nSPS) is 19.1. The summed E-state index contributed by atoms with van der Waals surface area (Å²) in [4.78, 5) is 23.1. The third-order valence-corrected chi connectivity index (χ3v) is 4.51. The molecule has 2 N–H and O–H groups in total. The number of hydrazone groups is 1. The van der Waals surface area contributed by atoms with E-state index >= 15 is 0 Å². The molecule has 0 aromatic heterocycles. The summed E-state index contributed by atoms with van der Waals surface area (Å²) < 4.78 is 36.8. The average Bonchev–Trinajstić information content (AvgIpc) is 3.47. The summed E-state index contributed by atoms with van der Waals surface area (Å²) in [7, 11) is 0. The molecule has 0 radical (unpaired) electrons. The molecule has 3 rings (SSSR count). The Morgan fingerprint density at radius 2 is 1.68 bits per heavy atom. The highest BCUT2D eigenvalue weighted by atomic mass is 19.4. The zero-order valence-electron chi connectivity index (χ0n) is 15.0. The van der Waals surface area contributed by atoms with Gasteiger partial charge in [-0.15, -0.1) is 0 Å². The second kappa shape index (κ2) is 7.84. The van der Waals surface area contributed by atoms with Crippen LogP contribution in [0.2, 0.25) is 0 Å². The minimum absolute atomic E-state index is 0.0200. The lowest BCUT2D eigenvalue weighted by Crippen LogP contribution is -2.29. The van der Waals surface area contributed by atoms with Crippen LogP contribution in [0.15, 0.2) is 59.7 Å². The summed E-state index contributed by atoms with van der Waals surface area (Å²) in [5.74, 6) is -2.11. The Morgan fingerprint density at radius 3 is 2.29 bits per heavy atom. The highest BCUT2D eigenvalue weighted by Crippen LogP contribution is 2.47. The summed E-state index contributed by atoms with van der Waals surface area (Å²) in [6, 6.07) is 15.5. The monoisotopic (exact) mass is 389 g/mol. The van der Waals surface area contributed by atoms with Gasteiger partial charge in [-0.25, -0.2) is 5.43 Å². The molecule has 1 saturated carbocycles. The van der Waals surface area contributed by atoms with Crippen molar-refractivity contribution >= 4 is 23.2 Å². The maximum absolute atomic E-state index is 12.3. The first-order valence-electron chi connectivity index (χ1n) is 8.63. The van der Waals surface area contributed by atoms with Crippen LogP contribution in [0.25, 0.3) is 0 Å². The summed E-state index contributed by atoms with van der Waals surface area (Å²) in [6.45, 7) is 1.67. The van der Waals surface area contributed by atoms with E-state index in [0.29, 0.717) is 11.3 Å². The average molecular weight is 389 g/mol. The Kier molecular flexibility index (Phi) is 5.48. The molecule has 2 atom stereocenters. The molecule has 5 nitrogen and oxygen atoms in total. The Morgan fingerprint density at radius 1 is 1.04 bits per heavy atom. The van der Waals surface area contributed by atoms with Crippen molar-refractivity contribution in [2.45, 2.75) is 25.4 Å². The summed E-state index contributed by atoms with van der Waals surface area (Å²) >= 11 is 0. The van der Waals surface area contributed by atoms with Crippen LogP contribution in [0, 0.1) is 5.92 Å². The number of halogens is 3. The van der Waals surface area contributed by atoms with E-state index in [1.807, 2.05) is 30.3 Å². The molecule has 8 heteroatoms. The lowest BCUT2D eigenvalue weighted by atomic mass is 10.1. The topological polar surface area (TPSA) is 70.6 Å². The van der Waals surface area contributed by atoms with Crippen LogP contribution < -0.4 is 10.7 Å². The Hall–Kier alpha value is -3.16. The molecule has 2 unspecified atom stereocenters. The molecule has 1 aliphatic carbocycles. The lowest BCUT2D eigenvalue weighted by Gasteiger charge is -2.08. The highest BCUT2D eigenvalue weighted by molar-refractivity contribution is 6.00. The van der Waals surface area contributed by atoms with Gasteiger partial charge in [0.2, 0.25) is 5.91 Å². The van der Waals surface area contributed by atoms with Gasteiger partial charge in [-0.2, -0.15) is 18.3 Å². The van der Waals surface area contributed by atoms with Gasteiger partial charge in [0.1, 0.15) is 0 Å². The molecule has 0 spiro atoms. The standard InChI is InChI=1S/C20H18F3N3O2/c1-12(13-7-9-15(10-8-13)24-19(28)20(21,22)23)25-26-18(27)17-11-16(17)14-5-3-2-4-6-14/h2-10,16-17H,11H2,1H3,(H,24,28)(H,26,27). The molecule has 0 bridgehead atoms. The van der Waals surface area contributed by atoms with Crippen molar-refractivity contribution in [2.24, 2.45) is 11.0 Å². The number of carbonyl (C=O) groups excluding carboxylic acids is 2. The van der Waals surface area contributed by atoms with Crippen molar-refractivity contribution < 1.29 is 22.8 Å². The van der Waals surface area contributed by atoms with Crippen molar-refractivity contribution in [3.05, 3.63) is 65.7 Å². The maximum Gasteiger partial charge on any atom is 0.471 e. The highest BCUT2D eigenvalue weighted by Gasteiger charge is 2.43. The van der Waals surface area contributed by atoms with Crippen molar-refractivity contribution in [2.75, 3.05) is 5.32 Å². The predicted molar refractivity (Wildman–Crippen MR) is 98.8 cm³/mol. The van der Waals surface area contributed by atoms with Crippen molar-refractivity contribution in [3.63, 3.8) is 0 Å². The predicted octanol–water partition coefficient (Wildman–Crippen LogP) is 3.83. The molecule has 0 heterocycles. The second-order valence-electron chi connectivity index (χ2n) is 6.56. The van der Waals surface area contributed by atoms with E-state index in [4.69, 9.17) is 0 Å². The van der Waals surface area contributed by atoms with Crippen LogP contribution >= 0.6 is 0 Å². The summed E-state index contributed by atoms with van der Waals surface area (Å²) in [5, 5.41) is 5.83. The van der Waals surface area contributed by atoms with E-state index in [1.54, 1.807) is 12.2 Å². The van der Waals surface area contributed by atoms with Crippen LogP contribution in [-0.4, -0.2) is 23.7 Å². The minimum Gasteiger partial charge on any atom is -0.318 e. The second-order valence-corrected chi connectivity index (χ2v) is 6.56. The van der Waals surface area contributed by atoms with E-state index in [-0.39, 0.29) is 23.4 Å². The first kappa shape index (κ1) is 19.6. The van der Waals surface area contributed by atoms with Crippen LogP contribution in [0.1, 0.15) is 30.4 Å². The fourth-order valence-electron chi connectivity index (χ4n) is 2.84. The SMILES string of the molecule is CC(=NNC(=O)C1CC1c1ccccc1)c1ccc(NC(=O)C(F)(F)F)cc1. The Bertz CT molecular complexity index is 893. The number of alkyl halides is 3. The molecule has 0 saturated heterocycles. The zero-order valence-corrected chi connectivity index (χ0v) is 15.0. The molecule has 2 aromatic rings. The largest absolute Gasteiger partial charge is 0.471 e. The quantitative estimate of drug-likeness (QED) is 0.603. The van der Waals surface area contributed by atoms with Crippen LogP contribution in [-0.2, 0) is 9.59 Å². The minimum atomic E-state index is -4.94. The first-order chi connectivity index (χ1) is 13.3. The van der Waals surface area contributed by atoms with Gasteiger partial charge in [0.25, 0.3) is 0 Å². The van der Waals surface area contributed by atoms with Gasteiger partial charge in [0, 0.05) is 11.6 Å². The number of carbonyl (C=O) groups is 2. The third kappa shape index (κ3) is 4.76. The van der Waals surface area contributed by atoms with E-state index in [0.717, 1.165) is 12.0 Å². The molecule has 2 aromatic carbocycles. The number of anilines is 1. The lowest BCUT2D eigenvalue weighted by molar-refractivity contribution is -0.167. The summed E-state index contributed by atoms with van der Waals surface area (Å²) in [6.07, 6.45) is -4.17. The van der Waals surface area contributed by atoms with Crippen LogP contribution in [0.5, 0.6) is 0 Å². The number of nitrogens with one attached hydrogen (secondary N) is 2. The number of amides is 2. The molecule has 28 heavy (non-hydrogen) atoms.